The molecule has 26 heavy (non-hydrogen) atoms. The van der Waals surface area contributed by atoms with E-state index >= 15 is 0 Å². The number of nitrogens with zero attached hydrogens (tertiary/aromatic N) is 2. The topological polar surface area (TPSA) is 67.8 Å². The molecule has 144 valence electrons. The lowest BCUT2D eigenvalue weighted by molar-refractivity contribution is 0.129. The van der Waals surface area contributed by atoms with Crippen molar-refractivity contribution in [3.63, 3.8) is 0 Å². The minimum atomic E-state index is -0.566. The molecule has 1 aromatic rings. The van der Waals surface area contributed by atoms with Crippen molar-refractivity contribution in [2.45, 2.75) is 25.4 Å². The van der Waals surface area contributed by atoms with Crippen molar-refractivity contribution in [3.05, 3.63) is 35.9 Å². The van der Waals surface area contributed by atoms with E-state index < -0.39 is 6.10 Å². The molecule has 0 aromatic heterocycles. The third-order valence-electron chi connectivity index (χ3n) is 5.55. The van der Waals surface area contributed by atoms with Crippen molar-refractivity contribution in [2.75, 3.05) is 52.9 Å². The first kappa shape index (κ1) is 19.1. The molecule has 1 aliphatic heterocycles. The Bertz CT molecular complexity index is 568. The molecule has 0 radical (unpaired) electrons. The van der Waals surface area contributed by atoms with Gasteiger partial charge in [-0.15, -0.1) is 0 Å². The minimum Gasteiger partial charge on any atom is -0.391 e. The molecular weight excluding hydrogens is 328 g/mol. The highest BCUT2D eigenvalue weighted by atomic mass is 16.3. The monoisotopic (exact) mass is 360 g/mol. The summed E-state index contributed by atoms with van der Waals surface area (Å²) in [4.78, 5) is 16.9. The zero-order valence-corrected chi connectivity index (χ0v) is 15.8. The van der Waals surface area contributed by atoms with Crippen LogP contribution in [0.3, 0.4) is 0 Å². The maximum absolute atomic E-state index is 12.1. The van der Waals surface area contributed by atoms with Gasteiger partial charge in [0.25, 0.3) is 0 Å². The van der Waals surface area contributed by atoms with Crippen molar-refractivity contribution in [2.24, 2.45) is 5.41 Å². The molecule has 6 heteroatoms. The van der Waals surface area contributed by atoms with Crippen molar-refractivity contribution in [3.8, 4) is 0 Å². The van der Waals surface area contributed by atoms with Gasteiger partial charge in [0.1, 0.15) is 0 Å². The average Bonchev–Trinajstić information content (AvgIpc) is 3.41. The third-order valence-corrected chi connectivity index (χ3v) is 5.55. The average molecular weight is 361 g/mol. The smallest absolute Gasteiger partial charge is 0.314 e. The lowest BCUT2D eigenvalue weighted by atomic mass is 10.1. The van der Waals surface area contributed by atoms with Crippen molar-refractivity contribution < 1.29 is 9.90 Å². The van der Waals surface area contributed by atoms with Gasteiger partial charge in [0.05, 0.1) is 6.10 Å². The van der Waals surface area contributed by atoms with E-state index in [0.717, 1.165) is 44.8 Å². The van der Waals surface area contributed by atoms with Crippen molar-refractivity contribution >= 4 is 6.03 Å². The summed E-state index contributed by atoms with van der Waals surface area (Å²) in [5.74, 6) is 0. The minimum absolute atomic E-state index is 0.179. The Morgan fingerprint density at radius 3 is 2.50 bits per heavy atom. The predicted octanol–water partition coefficient (Wildman–Crippen LogP) is 0.917. The lowest BCUT2D eigenvalue weighted by Crippen LogP contribution is -2.49. The number of piperazine rings is 1. The third kappa shape index (κ3) is 5.97. The standard InChI is InChI=1S/C20H32N4O2/c1-23-9-11-24(12-10-23)16-20(7-8-20)15-22-19(26)21-14-18(25)13-17-5-3-2-4-6-17/h2-6,18,25H,7-16H2,1H3,(H2,21,22,26). The van der Waals surface area contributed by atoms with Crippen molar-refractivity contribution in [1.82, 2.24) is 20.4 Å². The van der Waals surface area contributed by atoms with Gasteiger partial charge >= 0.3 is 6.03 Å². The second kappa shape index (κ2) is 8.84. The van der Waals surface area contributed by atoms with Crippen LogP contribution in [0.25, 0.3) is 0 Å². The van der Waals surface area contributed by atoms with Gasteiger partial charge in [-0.25, -0.2) is 4.79 Å². The fourth-order valence-corrected chi connectivity index (χ4v) is 3.55. The van der Waals surface area contributed by atoms with Crippen LogP contribution in [-0.2, 0) is 6.42 Å². The maximum atomic E-state index is 12.1. The van der Waals surface area contributed by atoms with Crippen LogP contribution in [-0.4, -0.2) is 79.9 Å². The molecule has 1 saturated carbocycles. The molecule has 1 unspecified atom stereocenters. The predicted molar refractivity (Wildman–Crippen MR) is 103 cm³/mol. The first-order chi connectivity index (χ1) is 12.5. The Hall–Kier alpha value is -1.63. The fraction of sp³-hybridized carbons (Fsp3) is 0.650. The van der Waals surface area contributed by atoms with Gasteiger partial charge in [0.2, 0.25) is 0 Å². The highest BCUT2D eigenvalue weighted by molar-refractivity contribution is 5.73. The van der Waals surface area contributed by atoms with E-state index in [1.54, 1.807) is 0 Å². The van der Waals surface area contributed by atoms with E-state index in [9.17, 15) is 9.90 Å². The van der Waals surface area contributed by atoms with Gasteiger partial charge in [-0.2, -0.15) is 0 Å². The van der Waals surface area contributed by atoms with Crippen molar-refractivity contribution in [1.29, 1.82) is 0 Å². The second-order valence-electron chi connectivity index (χ2n) is 7.99. The van der Waals surface area contributed by atoms with E-state index in [4.69, 9.17) is 0 Å². The molecule has 1 saturated heterocycles. The number of nitrogens with one attached hydrogen (secondary N) is 2. The Balaban J connectivity index is 1.32. The van der Waals surface area contributed by atoms with Crippen LogP contribution in [0.4, 0.5) is 4.79 Å². The van der Waals surface area contributed by atoms with Crippen LogP contribution in [0, 0.1) is 5.41 Å². The van der Waals surface area contributed by atoms with Gasteiger partial charge in [-0.05, 0) is 25.5 Å². The number of benzene rings is 1. The van der Waals surface area contributed by atoms with E-state index in [2.05, 4.69) is 27.5 Å². The SMILES string of the molecule is CN1CCN(CC2(CNC(=O)NCC(O)Cc3ccccc3)CC2)CC1. The van der Waals surface area contributed by atoms with E-state index in [1.165, 1.54) is 12.8 Å². The first-order valence-corrected chi connectivity index (χ1v) is 9.69. The molecule has 2 fully saturated rings. The molecule has 2 amide bonds. The zero-order valence-electron chi connectivity index (χ0n) is 15.8. The second-order valence-corrected chi connectivity index (χ2v) is 7.99. The summed E-state index contributed by atoms with van der Waals surface area (Å²) in [6.45, 7) is 6.57. The number of likely N-dealkylation sites (N-methyl/N-ethyl adjacent to an activating group) is 1. The summed E-state index contributed by atoms with van der Waals surface area (Å²) < 4.78 is 0. The fourth-order valence-electron chi connectivity index (χ4n) is 3.55. The highest BCUT2D eigenvalue weighted by Crippen LogP contribution is 2.45. The molecule has 1 heterocycles. The summed E-state index contributed by atoms with van der Waals surface area (Å²) in [5.41, 5.74) is 1.34. The molecule has 0 spiro atoms. The van der Waals surface area contributed by atoms with E-state index in [-0.39, 0.29) is 18.0 Å². The molecule has 1 aromatic carbocycles. The normalized spacial score (nSPS) is 21.2. The Labute approximate surface area is 156 Å². The van der Waals surface area contributed by atoms with Crippen LogP contribution < -0.4 is 10.6 Å². The maximum Gasteiger partial charge on any atom is 0.314 e. The van der Waals surface area contributed by atoms with Crippen LogP contribution >= 0.6 is 0 Å². The van der Waals surface area contributed by atoms with Gasteiger partial charge in [0.15, 0.2) is 0 Å². The van der Waals surface area contributed by atoms with Crippen LogP contribution in [0.1, 0.15) is 18.4 Å². The summed E-state index contributed by atoms with van der Waals surface area (Å²) >= 11 is 0. The Morgan fingerprint density at radius 2 is 1.85 bits per heavy atom. The van der Waals surface area contributed by atoms with Gasteiger partial charge in [0, 0.05) is 57.6 Å². The van der Waals surface area contributed by atoms with E-state index in [1.807, 2.05) is 30.3 Å². The largest absolute Gasteiger partial charge is 0.391 e. The molecule has 1 aliphatic carbocycles. The number of carbonyl (C=O) groups is 1. The molecular formula is C20H32N4O2. The Kier molecular flexibility index (Phi) is 6.51. The van der Waals surface area contributed by atoms with Gasteiger partial charge in [-0.3, -0.25) is 0 Å². The number of hydrogen-bond donors (Lipinski definition) is 3. The summed E-state index contributed by atoms with van der Waals surface area (Å²) in [7, 11) is 2.17. The molecule has 3 N–H and O–H groups in total. The van der Waals surface area contributed by atoms with Crippen LogP contribution in [0.15, 0.2) is 30.3 Å². The number of carbonyl (C=O) groups excluding carboxylic acids is 1. The van der Waals surface area contributed by atoms with Gasteiger partial charge in [-0.1, -0.05) is 30.3 Å². The zero-order chi connectivity index (χ0) is 18.4. The molecule has 3 rings (SSSR count). The van der Waals surface area contributed by atoms with E-state index in [0.29, 0.717) is 6.42 Å². The summed E-state index contributed by atoms with van der Waals surface area (Å²) in [6.07, 6.45) is 2.37. The summed E-state index contributed by atoms with van der Waals surface area (Å²) in [5, 5.41) is 15.9. The number of amides is 2. The number of urea groups is 1. The van der Waals surface area contributed by atoms with Gasteiger partial charge < -0.3 is 25.5 Å². The van der Waals surface area contributed by atoms with Crippen LogP contribution in [0.2, 0.25) is 0 Å². The lowest BCUT2D eigenvalue weighted by Gasteiger charge is -2.34. The quantitative estimate of drug-likeness (QED) is 0.645. The van der Waals surface area contributed by atoms with Crippen LogP contribution in [0.5, 0.6) is 0 Å². The number of aliphatic hydroxyl groups excluding tert-OH is 1. The highest BCUT2D eigenvalue weighted by Gasteiger charge is 2.44. The molecule has 6 nitrogen and oxygen atoms in total. The first-order valence-electron chi connectivity index (χ1n) is 9.69. The number of rotatable bonds is 8. The molecule has 1 atom stereocenters. The molecule has 2 aliphatic rings. The molecule has 0 bridgehead atoms. The number of hydrogen-bond acceptors (Lipinski definition) is 4. The summed E-state index contributed by atoms with van der Waals surface area (Å²) in [6, 6.07) is 9.66. The Morgan fingerprint density at radius 1 is 1.15 bits per heavy atom. The number of aliphatic hydroxyl groups is 1.